The molecule has 2 aromatic carbocycles. The van der Waals surface area contributed by atoms with Gasteiger partial charge >= 0.3 is 0 Å². The van der Waals surface area contributed by atoms with Crippen LogP contribution in [0, 0.1) is 0 Å². The van der Waals surface area contributed by atoms with Crippen molar-refractivity contribution >= 4 is 11.0 Å². The van der Waals surface area contributed by atoms with Gasteiger partial charge in [-0.1, -0.05) is 0 Å². The van der Waals surface area contributed by atoms with Gasteiger partial charge in [0.15, 0.2) is 5.43 Å². The van der Waals surface area contributed by atoms with E-state index >= 15 is 0 Å². The van der Waals surface area contributed by atoms with Crippen molar-refractivity contribution in [2.24, 2.45) is 0 Å². The molecule has 0 saturated carbocycles. The Morgan fingerprint density at radius 1 is 1.00 bits per heavy atom. The molecule has 1 N–H and O–H groups in total. The number of ether oxygens (including phenoxy) is 2. The minimum Gasteiger partial charge on any atom is -0.497 e. The lowest BCUT2D eigenvalue weighted by atomic mass is 10.1. The van der Waals surface area contributed by atoms with Gasteiger partial charge in [-0.3, -0.25) is 4.79 Å². The number of benzene rings is 2. The van der Waals surface area contributed by atoms with E-state index in [0.29, 0.717) is 29.1 Å². The van der Waals surface area contributed by atoms with Gasteiger partial charge < -0.3 is 23.9 Å². The number of methoxy groups -OCH3 is 1. The molecule has 1 aliphatic rings. The smallest absolute Gasteiger partial charge is 0.193 e. The summed E-state index contributed by atoms with van der Waals surface area (Å²) in [6.45, 7) is 3.70. The van der Waals surface area contributed by atoms with Crippen molar-refractivity contribution in [3.63, 3.8) is 0 Å². The molecule has 4 rings (SSSR count). The van der Waals surface area contributed by atoms with Gasteiger partial charge in [0.1, 0.15) is 22.8 Å². The molecule has 1 aliphatic heterocycles. The Hall–Kier alpha value is -2.83. The minimum atomic E-state index is -0.113. The van der Waals surface area contributed by atoms with E-state index in [1.165, 1.54) is 6.07 Å². The van der Waals surface area contributed by atoms with Gasteiger partial charge in [0.2, 0.25) is 0 Å². The Morgan fingerprint density at radius 3 is 2.50 bits per heavy atom. The van der Waals surface area contributed by atoms with Gasteiger partial charge in [0, 0.05) is 24.7 Å². The summed E-state index contributed by atoms with van der Waals surface area (Å²) in [5.74, 6) is 1.97. The van der Waals surface area contributed by atoms with Crippen LogP contribution in [-0.2, 0) is 0 Å². The third-order valence-corrected chi connectivity index (χ3v) is 6.02. The molecule has 0 radical (unpaired) electrons. The van der Waals surface area contributed by atoms with Gasteiger partial charge in [-0.2, -0.15) is 0 Å². The van der Waals surface area contributed by atoms with Crippen LogP contribution in [0.25, 0.3) is 22.3 Å². The summed E-state index contributed by atoms with van der Waals surface area (Å²) in [6, 6.07) is 14.3. The summed E-state index contributed by atoms with van der Waals surface area (Å²) < 4.78 is 17.0. The van der Waals surface area contributed by atoms with Crippen LogP contribution in [0.4, 0.5) is 0 Å². The van der Waals surface area contributed by atoms with Crippen LogP contribution in [0.1, 0.15) is 32.1 Å². The predicted molar refractivity (Wildman–Crippen MR) is 125 cm³/mol. The van der Waals surface area contributed by atoms with Crippen LogP contribution in [0.5, 0.6) is 11.5 Å². The average Bonchev–Trinajstić information content (AvgIpc) is 2.82. The second-order valence-electron chi connectivity index (χ2n) is 8.34. The fraction of sp³-hybridized carbons (Fsp3) is 0.423. The zero-order valence-electron chi connectivity index (χ0n) is 18.6. The molecule has 32 heavy (non-hydrogen) atoms. The number of nitrogens with zero attached hydrogens (tertiary/aromatic N) is 1. The summed E-state index contributed by atoms with van der Waals surface area (Å²) in [7, 11) is 1.62. The van der Waals surface area contributed by atoms with Crippen molar-refractivity contribution in [2.75, 3.05) is 33.4 Å². The van der Waals surface area contributed by atoms with E-state index < -0.39 is 0 Å². The molecule has 6 nitrogen and oxygen atoms in total. The highest BCUT2D eigenvalue weighted by atomic mass is 16.5. The molecule has 1 aromatic heterocycles. The lowest BCUT2D eigenvalue weighted by Gasteiger charge is -2.29. The first kappa shape index (κ1) is 22.4. The molecule has 0 spiro atoms. The van der Waals surface area contributed by atoms with Crippen molar-refractivity contribution < 1.29 is 19.0 Å². The number of aliphatic hydroxyl groups is 1. The van der Waals surface area contributed by atoms with Crippen LogP contribution < -0.4 is 14.9 Å². The molecule has 6 heteroatoms. The molecule has 1 saturated heterocycles. The lowest BCUT2D eigenvalue weighted by molar-refractivity contribution is 0.0816. The molecule has 0 unspecified atom stereocenters. The number of piperidine rings is 1. The van der Waals surface area contributed by atoms with Gasteiger partial charge in [0.05, 0.1) is 25.2 Å². The molecule has 2 heterocycles. The number of likely N-dealkylation sites (tertiary alicyclic amines) is 1. The number of fused-ring (bicyclic) bond motifs is 1. The molecule has 0 atom stereocenters. The summed E-state index contributed by atoms with van der Waals surface area (Å²) in [6.07, 6.45) is 4.87. The van der Waals surface area contributed by atoms with E-state index in [1.54, 1.807) is 19.2 Å². The Labute approximate surface area is 188 Å². The Balaban J connectivity index is 1.29. The Bertz CT molecular complexity index is 1070. The summed E-state index contributed by atoms with van der Waals surface area (Å²) in [4.78, 5) is 15.1. The maximum atomic E-state index is 12.7. The summed E-state index contributed by atoms with van der Waals surface area (Å²) >= 11 is 0. The highest BCUT2D eigenvalue weighted by molar-refractivity contribution is 5.80. The van der Waals surface area contributed by atoms with E-state index in [0.717, 1.165) is 63.1 Å². The second kappa shape index (κ2) is 10.7. The quantitative estimate of drug-likeness (QED) is 0.498. The Kier molecular flexibility index (Phi) is 7.45. The topological polar surface area (TPSA) is 72.1 Å². The normalized spacial score (nSPS) is 15.2. The van der Waals surface area contributed by atoms with E-state index in [1.807, 2.05) is 30.3 Å². The van der Waals surface area contributed by atoms with E-state index in [-0.39, 0.29) is 11.5 Å². The van der Waals surface area contributed by atoms with Crippen molar-refractivity contribution in [3.05, 3.63) is 58.8 Å². The number of hydrogen-bond acceptors (Lipinski definition) is 6. The Morgan fingerprint density at radius 2 is 1.75 bits per heavy atom. The fourth-order valence-corrected chi connectivity index (χ4v) is 4.07. The number of unbranched alkanes of at least 4 members (excludes halogenated alkanes) is 2. The lowest BCUT2D eigenvalue weighted by Crippen LogP contribution is -2.36. The first-order chi connectivity index (χ1) is 15.6. The fourth-order valence-electron chi connectivity index (χ4n) is 4.07. The molecule has 0 aliphatic carbocycles. The van der Waals surface area contributed by atoms with Gasteiger partial charge in [-0.05, 0) is 81.1 Å². The minimum absolute atomic E-state index is 0.0887. The number of aliphatic hydroxyl groups excluding tert-OH is 1. The van der Waals surface area contributed by atoms with E-state index in [4.69, 9.17) is 13.9 Å². The maximum Gasteiger partial charge on any atom is 0.193 e. The van der Waals surface area contributed by atoms with Gasteiger partial charge in [-0.25, -0.2) is 0 Å². The largest absolute Gasteiger partial charge is 0.497 e. The van der Waals surface area contributed by atoms with Gasteiger partial charge in [0.25, 0.3) is 0 Å². The summed E-state index contributed by atoms with van der Waals surface area (Å²) in [5, 5.41) is 10.1. The van der Waals surface area contributed by atoms with Crippen molar-refractivity contribution in [1.82, 2.24) is 4.90 Å². The zero-order valence-corrected chi connectivity index (χ0v) is 18.6. The van der Waals surface area contributed by atoms with Crippen LogP contribution in [0.15, 0.2) is 57.7 Å². The molecule has 0 bridgehead atoms. The van der Waals surface area contributed by atoms with Crippen LogP contribution >= 0.6 is 0 Å². The SMILES string of the molecule is COc1ccc(-c2cc(=O)c3cc(OCCCCCN4CCC(O)CC4)ccc3o2)cc1. The molecule has 1 fully saturated rings. The zero-order chi connectivity index (χ0) is 22.3. The highest BCUT2D eigenvalue weighted by Gasteiger charge is 2.16. The van der Waals surface area contributed by atoms with Crippen LogP contribution in [-0.4, -0.2) is 49.5 Å². The first-order valence-electron chi connectivity index (χ1n) is 11.4. The molecular formula is C26H31NO5. The third-order valence-electron chi connectivity index (χ3n) is 6.02. The summed E-state index contributed by atoms with van der Waals surface area (Å²) in [5.41, 5.74) is 1.28. The van der Waals surface area contributed by atoms with Crippen molar-refractivity contribution in [3.8, 4) is 22.8 Å². The van der Waals surface area contributed by atoms with E-state index in [9.17, 15) is 9.90 Å². The first-order valence-corrected chi connectivity index (χ1v) is 11.4. The number of hydrogen-bond donors (Lipinski definition) is 1. The predicted octanol–water partition coefficient (Wildman–Crippen LogP) is 4.47. The second-order valence-corrected chi connectivity index (χ2v) is 8.34. The number of rotatable bonds is 9. The van der Waals surface area contributed by atoms with Crippen molar-refractivity contribution in [2.45, 2.75) is 38.2 Å². The molecular weight excluding hydrogens is 406 g/mol. The average molecular weight is 438 g/mol. The molecule has 3 aromatic rings. The van der Waals surface area contributed by atoms with Crippen LogP contribution in [0.3, 0.4) is 0 Å². The third kappa shape index (κ3) is 5.69. The highest BCUT2D eigenvalue weighted by Crippen LogP contribution is 2.26. The van der Waals surface area contributed by atoms with Crippen LogP contribution in [0.2, 0.25) is 0 Å². The van der Waals surface area contributed by atoms with Gasteiger partial charge in [-0.15, -0.1) is 0 Å². The standard InChI is InChI=1S/C26H31NO5/c1-30-21-7-5-19(6-8-21)26-18-24(29)23-17-22(9-10-25(23)32-26)31-16-4-2-3-13-27-14-11-20(28)12-15-27/h5-10,17-18,20,28H,2-4,11-16H2,1H3. The van der Waals surface area contributed by atoms with Crippen molar-refractivity contribution in [1.29, 1.82) is 0 Å². The molecule has 170 valence electrons. The monoisotopic (exact) mass is 437 g/mol. The maximum absolute atomic E-state index is 12.7. The van der Waals surface area contributed by atoms with E-state index in [2.05, 4.69) is 4.90 Å². The molecule has 0 amide bonds.